The number of amides is 5. The van der Waals surface area contributed by atoms with Gasteiger partial charge in [-0.05, 0) is 280 Å². The van der Waals surface area contributed by atoms with Crippen molar-refractivity contribution in [3.05, 3.63) is 362 Å². The molecule has 15 aromatic rings. The lowest BCUT2D eigenvalue weighted by Crippen LogP contribution is -2.16. The molecule has 0 saturated heterocycles. The largest absolute Gasteiger partial charge is 0.433 e. The van der Waals surface area contributed by atoms with E-state index in [0.717, 1.165) is 86.9 Å². The number of hydrogen-bond donors (Lipinski definition) is 5. The van der Waals surface area contributed by atoms with Crippen LogP contribution in [0.15, 0.2) is 236 Å². The van der Waals surface area contributed by atoms with E-state index >= 15 is 0 Å². The Labute approximate surface area is 785 Å². The van der Waals surface area contributed by atoms with E-state index in [1.807, 2.05) is 95.3 Å². The molecule has 0 aliphatic carbocycles. The maximum Gasteiger partial charge on any atom is 0.433 e. The summed E-state index contributed by atoms with van der Waals surface area (Å²) in [5.41, 5.74) is 12.3. The first-order chi connectivity index (χ1) is 62.8. The lowest BCUT2D eigenvalue weighted by molar-refractivity contribution is -0.142. The topological polar surface area (TPSA) is 292 Å². The van der Waals surface area contributed by atoms with Crippen molar-refractivity contribution in [1.82, 2.24) is 45.0 Å². The SMILES string of the molecule is CC(=O)c1ccc(C(=O)Nc2ccc(Cl)c(-c3ccc(C)cn3)c2)s1.Cc1ccc(-c2cc(NC(=O)c3ccc(C(F)(F)F)nc3C)ccc2Cl)nc1.Cc1cccc(-c2cc(NC(=O)c3c(C)noc3C)ccc2Cl)n1.Cc1cccnc1-c1cc(NC(=O)c2ccc(C(F)(F)F)nc2C)ccc1Cl.Cc1ccnc(-c2cc(NC(=O)c3ccc(C(F)(F)F)nc3C)ccc2Cl)c1. The number of benzene rings is 5. The number of nitrogens with one attached hydrogen (secondary N) is 5. The number of pyridine rings is 8. The molecule has 10 heterocycles. The second-order valence-electron chi connectivity index (χ2n) is 29.6. The minimum absolute atomic E-state index is 0.0120. The fraction of sp³-hybridized carbons (Fsp3) is 0.144. The third-order valence-corrected chi connectivity index (χ3v) is 22.2. The average molecular weight is 1930 g/mol. The fourth-order valence-electron chi connectivity index (χ4n) is 12.7. The molecule has 21 nitrogen and oxygen atoms in total. The number of carbonyl (C=O) groups is 6. The molecule has 0 aliphatic heterocycles. The summed E-state index contributed by atoms with van der Waals surface area (Å²) in [5, 5.41) is 20.0. The zero-order chi connectivity index (χ0) is 96.7. The van der Waals surface area contributed by atoms with Crippen LogP contribution < -0.4 is 26.6 Å². The smallest absolute Gasteiger partial charge is 0.361 e. The lowest BCUT2D eigenvalue weighted by Gasteiger charge is -2.12. The number of anilines is 5. The number of halogens is 14. The summed E-state index contributed by atoms with van der Waals surface area (Å²) in [6.45, 7) is 18.6. The van der Waals surface area contributed by atoms with Gasteiger partial charge in [0.25, 0.3) is 29.5 Å². The summed E-state index contributed by atoms with van der Waals surface area (Å²) in [6, 6.07) is 54.9. The number of hydrogen-bond acceptors (Lipinski definition) is 17. The van der Waals surface area contributed by atoms with Gasteiger partial charge < -0.3 is 31.1 Å². The highest BCUT2D eigenvalue weighted by Crippen LogP contribution is 2.39. The molecule has 5 aromatic carbocycles. The molecule has 0 unspecified atom stereocenters. The molecule has 5 N–H and O–H groups in total. The van der Waals surface area contributed by atoms with E-state index in [-0.39, 0.29) is 51.4 Å². The van der Waals surface area contributed by atoms with Crippen molar-refractivity contribution in [2.24, 2.45) is 0 Å². The number of aromatic nitrogens is 9. The number of alkyl halides is 9. The second-order valence-corrected chi connectivity index (χ2v) is 32.8. The van der Waals surface area contributed by atoms with E-state index in [1.54, 1.807) is 148 Å². The Hall–Kier alpha value is -14.0. The van der Waals surface area contributed by atoms with Crippen molar-refractivity contribution in [2.45, 2.75) is 94.7 Å². The van der Waals surface area contributed by atoms with E-state index in [2.05, 4.69) is 71.6 Å². The van der Waals surface area contributed by atoms with Crippen LogP contribution in [0.2, 0.25) is 25.1 Å². The molecular weight excluding hydrogens is 1850 g/mol. The number of nitrogens with zero attached hydrogens (tertiary/aromatic N) is 9. The van der Waals surface area contributed by atoms with Crippen molar-refractivity contribution in [2.75, 3.05) is 26.6 Å². The average Bonchev–Trinajstić information content (AvgIpc) is 1.80. The van der Waals surface area contributed by atoms with Crippen LogP contribution in [0.4, 0.5) is 68.0 Å². The highest BCUT2D eigenvalue weighted by molar-refractivity contribution is 7.16. The van der Waals surface area contributed by atoms with Crippen molar-refractivity contribution in [3.63, 3.8) is 0 Å². The van der Waals surface area contributed by atoms with E-state index in [1.165, 1.54) is 39.0 Å². The summed E-state index contributed by atoms with van der Waals surface area (Å²) in [6.07, 6.45) is -6.92. The predicted molar refractivity (Wildman–Crippen MR) is 499 cm³/mol. The molecule has 680 valence electrons. The van der Waals surface area contributed by atoms with E-state index in [4.69, 9.17) is 62.5 Å². The normalized spacial score (nSPS) is 11.1. The van der Waals surface area contributed by atoms with Crippen LogP contribution in [0.3, 0.4) is 0 Å². The minimum Gasteiger partial charge on any atom is -0.361 e. The number of carbonyl (C=O) groups excluding carboxylic acids is 6. The number of ketones is 1. The molecule has 15 rings (SSSR count). The van der Waals surface area contributed by atoms with Gasteiger partial charge in [-0.3, -0.25) is 53.7 Å². The molecule has 0 fully saturated rings. The van der Waals surface area contributed by atoms with Crippen LogP contribution in [-0.2, 0) is 18.5 Å². The first-order valence-corrected chi connectivity index (χ1v) is 42.4. The van der Waals surface area contributed by atoms with Crippen molar-refractivity contribution in [1.29, 1.82) is 0 Å². The van der Waals surface area contributed by atoms with Gasteiger partial charge in [0.15, 0.2) is 5.78 Å². The monoisotopic (exact) mass is 1930 g/mol. The maximum atomic E-state index is 12.7. The zero-order valence-corrected chi connectivity index (χ0v) is 76.6. The first kappa shape index (κ1) is 99.6. The van der Waals surface area contributed by atoms with Gasteiger partial charge >= 0.3 is 18.5 Å². The first-order valence-electron chi connectivity index (χ1n) is 39.7. The number of Topliss-reactive ketones (excluding diaryl/α,β-unsaturated/α-hetero) is 1. The van der Waals surface area contributed by atoms with E-state index in [0.29, 0.717) is 114 Å². The number of aryl methyl sites for hydroxylation is 10. The number of thiophene rings is 1. The molecule has 10 aromatic heterocycles. The predicted octanol–water partition coefficient (Wildman–Crippen LogP) is 26.8. The summed E-state index contributed by atoms with van der Waals surface area (Å²) in [5.74, 6) is -1.79. The quantitative estimate of drug-likeness (QED) is 0.0444. The Morgan fingerprint density at radius 3 is 1.09 bits per heavy atom. The number of rotatable bonds is 16. The summed E-state index contributed by atoms with van der Waals surface area (Å²) in [4.78, 5) is 107. The van der Waals surface area contributed by atoms with Gasteiger partial charge in [0.2, 0.25) is 0 Å². The fourth-order valence-corrected chi connectivity index (χ4v) is 14.6. The van der Waals surface area contributed by atoms with Crippen LogP contribution in [0.1, 0.15) is 141 Å². The Kier molecular flexibility index (Phi) is 32.5. The molecule has 0 aliphatic rings. The van der Waals surface area contributed by atoms with Gasteiger partial charge in [-0.15, -0.1) is 11.3 Å². The van der Waals surface area contributed by atoms with Gasteiger partial charge in [-0.25, -0.2) is 15.0 Å². The summed E-state index contributed by atoms with van der Waals surface area (Å²) >= 11 is 32.5. The van der Waals surface area contributed by atoms with E-state index < -0.39 is 53.3 Å². The van der Waals surface area contributed by atoms with Gasteiger partial charge in [0.1, 0.15) is 28.4 Å². The third-order valence-electron chi connectivity index (χ3n) is 19.4. The van der Waals surface area contributed by atoms with Crippen molar-refractivity contribution >= 4 is 133 Å². The maximum absolute atomic E-state index is 12.7. The Bertz CT molecular complexity index is 6880. The minimum atomic E-state index is -4.56. The molecule has 0 radical (unpaired) electrons. The second kappa shape index (κ2) is 43.4. The Morgan fingerprint density at radius 2 is 0.729 bits per heavy atom. The summed E-state index contributed by atoms with van der Waals surface area (Å²) < 4.78 is 120. The van der Waals surface area contributed by atoms with Gasteiger partial charge in [0, 0.05) is 86.7 Å². The lowest BCUT2D eigenvalue weighted by atomic mass is 10.1. The van der Waals surface area contributed by atoms with Gasteiger partial charge in [-0.2, -0.15) is 39.5 Å². The molecule has 133 heavy (non-hydrogen) atoms. The van der Waals surface area contributed by atoms with Crippen LogP contribution in [0, 0.1) is 69.2 Å². The van der Waals surface area contributed by atoms with Gasteiger partial charge in [-0.1, -0.05) is 87.4 Å². The zero-order valence-electron chi connectivity index (χ0n) is 72.0. The highest BCUT2D eigenvalue weighted by atomic mass is 35.5. The Balaban J connectivity index is 0.000000160. The molecular formula is C97H76Cl5F9N14O7S. The van der Waals surface area contributed by atoms with Crippen LogP contribution in [-0.4, -0.2) is 80.3 Å². The molecule has 0 saturated carbocycles. The van der Waals surface area contributed by atoms with Crippen molar-refractivity contribution < 1.29 is 72.8 Å². The van der Waals surface area contributed by atoms with Crippen molar-refractivity contribution in [3.8, 4) is 56.3 Å². The van der Waals surface area contributed by atoms with Crippen LogP contribution in [0.5, 0.6) is 0 Å². The third kappa shape index (κ3) is 26.5. The Morgan fingerprint density at radius 1 is 0.338 bits per heavy atom. The molecule has 0 spiro atoms. The standard InChI is InChI=1S/3C20H15ClF3N3O.C19H15ClN2O2S.C18H16ClN3O2/c1-11-3-7-17(25-10-11)15-9-13(4-6-16(15)21)27-19(28)14-5-8-18(20(22,23)24)26-12(14)2;1-11-7-8-25-17(9-11)15-10-13(3-5-16(15)21)27-19(28)14-4-6-18(20(22,23)24)26-12(14)2;1-11-4-3-9-25-18(11)15-10-13(5-7-16(15)21)27-19(28)14-6-8-17(20(22,23)24)26-12(14)2;1-11-3-6-16(21-10-11)14-9-13(4-5-15(14)20)22-19(24)18-8-7-17(25-18)12(2)23;1-10-5-4-6-16(20-10)14-9-13(7-8-15(14)19)21-18(23)17-11(2)22-24-12(17)3/h3*3-10H,1-2H3,(H,27,28);3-10H,1-2H3,(H,22,24);4-9H,1-3H3,(H,21,23). The van der Waals surface area contributed by atoms with Crippen LogP contribution in [0.25, 0.3) is 56.3 Å². The van der Waals surface area contributed by atoms with E-state index in [9.17, 15) is 68.3 Å². The molecule has 5 amide bonds. The molecule has 36 heteroatoms. The molecule has 0 bridgehead atoms. The van der Waals surface area contributed by atoms with Gasteiger partial charge in [0.05, 0.1) is 103 Å². The van der Waals surface area contributed by atoms with Crippen LogP contribution >= 0.6 is 69.3 Å². The highest BCUT2D eigenvalue weighted by Gasteiger charge is 2.36. The summed E-state index contributed by atoms with van der Waals surface area (Å²) in [7, 11) is 0. The molecule has 0 atom stereocenters.